The lowest BCUT2D eigenvalue weighted by atomic mass is 10.0. The van der Waals surface area contributed by atoms with E-state index in [1.54, 1.807) is 0 Å². The average Bonchev–Trinajstić information content (AvgIpc) is 2.38. The van der Waals surface area contributed by atoms with Gasteiger partial charge in [0.2, 0.25) is 0 Å². The van der Waals surface area contributed by atoms with Gasteiger partial charge in [-0.3, -0.25) is 4.79 Å². The van der Waals surface area contributed by atoms with Gasteiger partial charge in [-0.2, -0.15) is 8.42 Å². The summed E-state index contributed by atoms with van der Waals surface area (Å²) in [7, 11) is -5.03. The summed E-state index contributed by atoms with van der Waals surface area (Å²) in [6, 6.07) is 4.05. The normalized spacial score (nSPS) is 15.7. The molecule has 0 saturated heterocycles. The van der Waals surface area contributed by atoms with Crippen LogP contribution in [0, 0.1) is 0 Å². The Morgan fingerprint density at radius 3 is 2.82 bits per heavy atom. The Morgan fingerprint density at radius 1 is 1.35 bits per heavy atom. The first-order valence-corrected chi connectivity index (χ1v) is 6.32. The molecule has 7 heteroatoms. The molecule has 1 aliphatic rings. The second-order valence-electron chi connectivity index (χ2n) is 3.65. The van der Waals surface area contributed by atoms with Crippen molar-refractivity contribution in [3.63, 3.8) is 0 Å². The van der Waals surface area contributed by atoms with E-state index >= 15 is 0 Å². The molecule has 0 bridgehead atoms. The van der Waals surface area contributed by atoms with Gasteiger partial charge in [-0.15, -0.1) is 0 Å². The standard InChI is InChI=1S/C10H10FNO4S/c11-17(14,15)16-8-3-4-9-7(6-8)2-1-5-12-10(9)13/h3-4,6H,1-2,5H2,(H,12,13). The highest BCUT2D eigenvalue weighted by molar-refractivity contribution is 7.81. The minimum atomic E-state index is -5.03. The van der Waals surface area contributed by atoms with Crippen molar-refractivity contribution in [2.45, 2.75) is 12.8 Å². The molecular formula is C10H10FNO4S. The van der Waals surface area contributed by atoms with Crippen molar-refractivity contribution in [2.75, 3.05) is 6.54 Å². The Kier molecular flexibility index (Phi) is 3.01. The molecule has 17 heavy (non-hydrogen) atoms. The van der Waals surface area contributed by atoms with E-state index in [-0.39, 0.29) is 11.7 Å². The van der Waals surface area contributed by atoms with Gasteiger partial charge in [0.15, 0.2) is 0 Å². The molecular weight excluding hydrogens is 249 g/mol. The molecule has 0 aromatic heterocycles. The number of hydrogen-bond acceptors (Lipinski definition) is 4. The van der Waals surface area contributed by atoms with Crippen molar-refractivity contribution in [2.24, 2.45) is 0 Å². The number of hydrogen-bond donors (Lipinski definition) is 1. The van der Waals surface area contributed by atoms with Crippen LogP contribution in [0.25, 0.3) is 0 Å². The van der Waals surface area contributed by atoms with Gasteiger partial charge in [0, 0.05) is 12.1 Å². The van der Waals surface area contributed by atoms with Crippen molar-refractivity contribution < 1.29 is 21.3 Å². The Labute approximate surface area is 98.0 Å². The summed E-state index contributed by atoms with van der Waals surface area (Å²) in [5, 5.41) is 2.70. The Morgan fingerprint density at radius 2 is 2.12 bits per heavy atom. The largest absolute Gasteiger partial charge is 0.488 e. The summed E-state index contributed by atoms with van der Waals surface area (Å²) in [6.07, 6.45) is 1.35. The summed E-state index contributed by atoms with van der Waals surface area (Å²) in [5.74, 6) is -0.340. The predicted octanol–water partition coefficient (Wildman–Crippen LogP) is 0.956. The summed E-state index contributed by atoms with van der Waals surface area (Å²) >= 11 is 0. The molecule has 0 radical (unpaired) electrons. The third-order valence-corrected chi connectivity index (χ3v) is 2.82. The molecule has 0 aliphatic carbocycles. The summed E-state index contributed by atoms with van der Waals surface area (Å²) < 4.78 is 37.1. The first-order chi connectivity index (χ1) is 7.96. The third kappa shape index (κ3) is 2.94. The Hall–Kier alpha value is -1.63. The zero-order valence-corrected chi connectivity index (χ0v) is 9.59. The van der Waals surface area contributed by atoms with Crippen LogP contribution >= 0.6 is 0 Å². The number of carbonyl (C=O) groups is 1. The van der Waals surface area contributed by atoms with Crippen LogP contribution in [0.4, 0.5) is 3.89 Å². The van der Waals surface area contributed by atoms with Crippen LogP contribution in [-0.4, -0.2) is 20.9 Å². The van der Waals surface area contributed by atoms with Gasteiger partial charge < -0.3 is 9.50 Å². The van der Waals surface area contributed by atoms with Crippen molar-refractivity contribution in [1.29, 1.82) is 0 Å². The first-order valence-electron chi connectivity index (χ1n) is 5.01. The molecule has 1 aromatic rings. The number of aryl methyl sites for hydroxylation is 1. The van der Waals surface area contributed by atoms with Crippen LogP contribution in [0.1, 0.15) is 22.3 Å². The SMILES string of the molecule is O=C1NCCCc2cc(OS(=O)(=O)F)ccc21. The van der Waals surface area contributed by atoms with Gasteiger partial charge in [0.1, 0.15) is 5.75 Å². The van der Waals surface area contributed by atoms with Gasteiger partial charge in [0.05, 0.1) is 0 Å². The van der Waals surface area contributed by atoms with Crippen LogP contribution in [0.2, 0.25) is 0 Å². The van der Waals surface area contributed by atoms with E-state index in [2.05, 4.69) is 9.50 Å². The molecule has 0 saturated carbocycles. The fraction of sp³-hybridized carbons (Fsp3) is 0.300. The lowest BCUT2D eigenvalue weighted by Crippen LogP contribution is -2.22. The second-order valence-corrected chi connectivity index (χ2v) is 4.61. The summed E-state index contributed by atoms with van der Waals surface area (Å²) in [4.78, 5) is 11.6. The molecule has 92 valence electrons. The van der Waals surface area contributed by atoms with Crippen LogP contribution in [0.15, 0.2) is 18.2 Å². The maximum atomic E-state index is 12.3. The van der Waals surface area contributed by atoms with Gasteiger partial charge in [-0.25, -0.2) is 0 Å². The quantitative estimate of drug-likeness (QED) is 0.803. The van der Waals surface area contributed by atoms with Crippen LogP contribution < -0.4 is 9.50 Å². The zero-order chi connectivity index (χ0) is 12.5. The van der Waals surface area contributed by atoms with Gasteiger partial charge in [0.25, 0.3) is 5.91 Å². The van der Waals surface area contributed by atoms with Crippen LogP contribution in [0.3, 0.4) is 0 Å². The predicted molar refractivity (Wildman–Crippen MR) is 57.8 cm³/mol. The fourth-order valence-electron chi connectivity index (χ4n) is 1.74. The maximum absolute atomic E-state index is 12.3. The molecule has 0 atom stereocenters. The van der Waals surface area contributed by atoms with Gasteiger partial charge >= 0.3 is 10.5 Å². The molecule has 1 N–H and O–H groups in total. The third-order valence-electron chi connectivity index (χ3n) is 2.43. The number of amides is 1. The molecule has 2 rings (SSSR count). The monoisotopic (exact) mass is 259 g/mol. The number of rotatable bonds is 2. The summed E-state index contributed by atoms with van der Waals surface area (Å²) in [6.45, 7) is 0.561. The lowest BCUT2D eigenvalue weighted by molar-refractivity contribution is 0.0956. The van der Waals surface area contributed by atoms with E-state index in [1.807, 2.05) is 0 Å². The highest BCUT2D eigenvalue weighted by Gasteiger charge is 2.17. The summed E-state index contributed by atoms with van der Waals surface area (Å²) in [5.41, 5.74) is 1.12. The number of fused-ring (bicyclic) bond motifs is 1. The number of halogens is 1. The highest BCUT2D eigenvalue weighted by atomic mass is 32.3. The van der Waals surface area contributed by atoms with Crippen molar-refractivity contribution in [3.8, 4) is 5.75 Å². The first kappa shape index (κ1) is 11.8. The second kappa shape index (κ2) is 4.33. The molecule has 0 fully saturated rings. The van der Waals surface area contributed by atoms with Crippen LogP contribution in [0.5, 0.6) is 5.75 Å². The highest BCUT2D eigenvalue weighted by Crippen LogP contribution is 2.22. The van der Waals surface area contributed by atoms with E-state index < -0.39 is 10.5 Å². The lowest BCUT2D eigenvalue weighted by Gasteiger charge is -2.06. The zero-order valence-electron chi connectivity index (χ0n) is 8.77. The van der Waals surface area contributed by atoms with Crippen LogP contribution in [-0.2, 0) is 16.9 Å². The van der Waals surface area contributed by atoms with Crippen molar-refractivity contribution in [3.05, 3.63) is 29.3 Å². The van der Waals surface area contributed by atoms with E-state index in [4.69, 9.17) is 0 Å². The topological polar surface area (TPSA) is 72.5 Å². The number of carbonyl (C=O) groups excluding carboxylic acids is 1. The smallest absolute Gasteiger partial charge is 0.358 e. The minimum Gasteiger partial charge on any atom is -0.358 e. The van der Waals surface area contributed by atoms with E-state index in [9.17, 15) is 17.1 Å². The molecule has 1 amide bonds. The Bertz CT molecular complexity index is 555. The molecule has 0 spiro atoms. The average molecular weight is 259 g/mol. The molecule has 1 aliphatic heterocycles. The molecule has 1 heterocycles. The maximum Gasteiger partial charge on any atom is 0.488 e. The molecule has 5 nitrogen and oxygen atoms in total. The fourth-order valence-corrected chi connectivity index (χ4v) is 2.07. The molecule has 0 unspecified atom stereocenters. The van der Waals surface area contributed by atoms with E-state index in [1.165, 1.54) is 18.2 Å². The van der Waals surface area contributed by atoms with Crippen molar-refractivity contribution >= 4 is 16.4 Å². The number of benzene rings is 1. The molecule has 1 aromatic carbocycles. The van der Waals surface area contributed by atoms with Crippen molar-refractivity contribution in [1.82, 2.24) is 5.32 Å². The minimum absolute atomic E-state index is 0.124. The van der Waals surface area contributed by atoms with Gasteiger partial charge in [-0.1, -0.05) is 3.89 Å². The van der Waals surface area contributed by atoms with E-state index in [0.29, 0.717) is 24.1 Å². The Balaban J connectivity index is 2.36. The van der Waals surface area contributed by atoms with E-state index in [0.717, 1.165) is 6.42 Å². The van der Waals surface area contributed by atoms with Gasteiger partial charge in [-0.05, 0) is 36.6 Å². The number of nitrogens with one attached hydrogen (secondary N) is 1.